The van der Waals surface area contributed by atoms with Gasteiger partial charge in [-0.2, -0.15) is 4.98 Å². The predicted octanol–water partition coefficient (Wildman–Crippen LogP) is 5.23. The molecule has 1 unspecified atom stereocenters. The summed E-state index contributed by atoms with van der Waals surface area (Å²) in [7, 11) is 3.18. The lowest BCUT2D eigenvalue weighted by Gasteiger charge is -2.30. The molecule has 0 bridgehead atoms. The number of hydrogen-bond acceptors (Lipinski definition) is 8. The first-order chi connectivity index (χ1) is 19.6. The maximum Gasteiger partial charge on any atom is 0.241 e. The number of nitrogens with one attached hydrogen (secondary N) is 1. The van der Waals surface area contributed by atoms with Crippen molar-refractivity contribution in [3.8, 4) is 28.6 Å². The molecule has 1 atom stereocenters. The summed E-state index contributed by atoms with van der Waals surface area (Å²) in [6, 6.07) is 23.3. The molecule has 9 heteroatoms. The highest BCUT2D eigenvalue weighted by atomic mass is 16.5. The lowest BCUT2D eigenvalue weighted by Crippen LogP contribution is -2.40. The molecule has 0 spiro atoms. The molecule has 1 saturated heterocycles. The van der Waals surface area contributed by atoms with Crippen molar-refractivity contribution in [2.24, 2.45) is 5.92 Å². The Balaban J connectivity index is 1.14. The van der Waals surface area contributed by atoms with Gasteiger partial charge in [-0.05, 0) is 55.3 Å². The first-order valence-electron chi connectivity index (χ1n) is 13.5. The lowest BCUT2D eigenvalue weighted by molar-refractivity contribution is -0.121. The molecular formula is C31H34N4O5. The van der Waals surface area contributed by atoms with E-state index in [-0.39, 0.29) is 11.8 Å². The Morgan fingerprint density at radius 3 is 2.70 bits per heavy atom. The van der Waals surface area contributed by atoms with E-state index in [1.54, 1.807) is 14.2 Å². The van der Waals surface area contributed by atoms with Crippen molar-refractivity contribution in [2.45, 2.75) is 25.8 Å². The minimum atomic E-state index is -0.135. The summed E-state index contributed by atoms with van der Waals surface area (Å²) in [6.45, 7) is 2.53. The number of anilines is 1. The number of aromatic nitrogens is 2. The average molecular weight is 543 g/mol. The second kappa shape index (κ2) is 13.1. The van der Waals surface area contributed by atoms with E-state index in [9.17, 15) is 4.79 Å². The zero-order valence-electron chi connectivity index (χ0n) is 22.8. The van der Waals surface area contributed by atoms with Crippen LogP contribution in [0.1, 0.15) is 24.3 Å². The number of carbonyl (C=O) groups excluding carboxylic acids is 1. The third-order valence-electron chi connectivity index (χ3n) is 6.95. The summed E-state index contributed by atoms with van der Waals surface area (Å²) in [4.78, 5) is 19.9. The fraction of sp³-hybridized carbons (Fsp3) is 0.323. The number of rotatable bonds is 11. The summed E-state index contributed by atoms with van der Waals surface area (Å²) in [5, 5.41) is 7.21. The average Bonchev–Trinajstić information content (AvgIpc) is 3.46. The zero-order valence-corrected chi connectivity index (χ0v) is 22.8. The maximum absolute atomic E-state index is 13.1. The van der Waals surface area contributed by atoms with E-state index >= 15 is 0 Å². The van der Waals surface area contributed by atoms with Crippen LogP contribution < -0.4 is 19.5 Å². The third-order valence-corrected chi connectivity index (χ3v) is 6.95. The molecule has 208 valence electrons. The van der Waals surface area contributed by atoms with Gasteiger partial charge in [-0.25, -0.2) is 0 Å². The fourth-order valence-corrected chi connectivity index (χ4v) is 4.86. The number of amides is 1. The minimum Gasteiger partial charge on any atom is -0.493 e. The highest BCUT2D eigenvalue weighted by molar-refractivity contribution is 5.92. The number of hydrogen-bond donors (Lipinski definition) is 1. The van der Waals surface area contributed by atoms with E-state index in [0.717, 1.165) is 42.8 Å². The molecule has 1 aliphatic rings. The molecule has 5 rings (SSSR count). The Kier molecular flexibility index (Phi) is 8.93. The molecule has 4 aromatic rings. The Morgan fingerprint density at radius 1 is 1.02 bits per heavy atom. The molecule has 1 aromatic heterocycles. The molecule has 1 aliphatic heterocycles. The normalized spacial score (nSPS) is 15.4. The van der Waals surface area contributed by atoms with Crippen LogP contribution in [0.5, 0.6) is 17.2 Å². The molecule has 0 saturated carbocycles. The van der Waals surface area contributed by atoms with E-state index in [1.165, 1.54) is 5.56 Å². The van der Waals surface area contributed by atoms with E-state index in [2.05, 4.69) is 32.5 Å². The number of ether oxygens (including phenoxy) is 3. The van der Waals surface area contributed by atoms with Crippen LogP contribution in [0.4, 0.5) is 5.69 Å². The Bertz CT molecular complexity index is 1410. The number of benzene rings is 3. The minimum absolute atomic E-state index is 0.00248. The van der Waals surface area contributed by atoms with E-state index < -0.39 is 0 Å². The molecule has 9 nitrogen and oxygen atoms in total. The van der Waals surface area contributed by atoms with E-state index in [4.69, 9.17) is 18.7 Å². The molecule has 2 heterocycles. The first-order valence-corrected chi connectivity index (χ1v) is 13.5. The molecule has 1 N–H and O–H groups in total. The number of methoxy groups -OCH3 is 2. The van der Waals surface area contributed by atoms with Gasteiger partial charge in [0.25, 0.3) is 0 Å². The van der Waals surface area contributed by atoms with E-state index in [0.29, 0.717) is 42.9 Å². The van der Waals surface area contributed by atoms with Crippen molar-refractivity contribution in [1.82, 2.24) is 15.0 Å². The molecule has 1 fully saturated rings. The zero-order chi connectivity index (χ0) is 27.7. The van der Waals surface area contributed by atoms with Crippen LogP contribution in [0.25, 0.3) is 11.4 Å². The van der Waals surface area contributed by atoms with Crippen molar-refractivity contribution in [1.29, 1.82) is 0 Å². The van der Waals surface area contributed by atoms with Crippen LogP contribution in [0.2, 0.25) is 0 Å². The summed E-state index contributed by atoms with van der Waals surface area (Å²) in [6.07, 6.45) is 2.57. The molecule has 3 aromatic carbocycles. The topological polar surface area (TPSA) is 99.0 Å². The van der Waals surface area contributed by atoms with Gasteiger partial charge in [-0.1, -0.05) is 41.6 Å². The Labute approximate surface area is 234 Å². The SMILES string of the molecule is COc1ccc(-c2noc(CN3CCCC(C(=O)Nc4cccc(OCCc5ccccc5)c4)C3)n2)cc1OC. The van der Waals surface area contributed by atoms with Crippen LogP contribution in [0.3, 0.4) is 0 Å². The summed E-state index contributed by atoms with van der Waals surface area (Å²) in [5.41, 5.74) is 2.73. The standard InChI is InChI=1S/C31H34N4O5/c1-37-27-14-13-23(18-28(27)38-2)30-33-29(40-34-30)21-35-16-7-10-24(20-35)31(36)32-25-11-6-12-26(19-25)39-17-15-22-8-4-3-5-9-22/h3-6,8-9,11-14,18-19,24H,7,10,15-17,20-21H2,1-2H3,(H,32,36). The van der Waals surface area contributed by atoms with Gasteiger partial charge in [0.1, 0.15) is 5.75 Å². The summed E-state index contributed by atoms with van der Waals surface area (Å²) < 4.78 is 22.1. The van der Waals surface area contributed by atoms with Gasteiger partial charge in [-0.15, -0.1) is 0 Å². The third kappa shape index (κ3) is 6.98. The Hall–Kier alpha value is -4.37. The van der Waals surface area contributed by atoms with Crippen LogP contribution >= 0.6 is 0 Å². The van der Waals surface area contributed by atoms with Crippen molar-refractivity contribution >= 4 is 11.6 Å². The second-order valence-corrected chi connectivity index (χ2v) is 9.76. The van der Waals surface area contributed by atoms with Crippen LogP contribution in [-0.4, -0.2) is 54.9 Å². The molecule has 0 radical (unpaired) electrons. The maximum atomic E-state index is 13.1. The number of likely N-dealkylation sites (tertiary alicyclic amines) is 1. The van der Waals surface area contributed by atoms with Gasteiger partial charge in [0.2, 0.25) is 17.6 Å². The highest BCUT2D eigenvalue weighted by Gasteiger charge is 2.27. The van der Waals surface area contributed by atoms with Crippen LogP contribution in [-0.2, 0) is 17.8 Å². The largest absolute Gasteiger partial charge is 0.493 e. The van der Waals surface area contributed by atoms with Crippen molar-refractivity contribution in [3.05, 3.63) is 84.3 Å². The second-order valence-electron chi connectivity index (χ2n) is 9.76. The molecule has 40 heavy (non-hydrogen) atoms. The fourth-order valence-electron chi connectivity index (χ4n) is 4.86. The van der Waals surface area contributed by atoms with Gasteiger partial charge in [0.05, 0.1) is 33.3 Å². The monoisotopic (exact) mass is 542 g/mol. The van der Waals surface area contributed by atoms with Crippen LogP contribution in [0.15, 0.2) is 77.3 Å². The molecule has 0 aliphatic carbocycles. The Morgan fingerprint density at radius 2 is 1.88 bits per heavy atom. The van der Waals surface area contributed by atoms with Gasteiger partial charge in [-0.3, -0.25) is 9.69 Å². The van der Waals surface area contributed by atoms with Crippen molar-refractivity contribution < 1.29 is 23.5 Å². The number of carbonyl (C=O) groups is 1. The highest BCUT2D eigenvalue weighted by Crippen LogP contribution is 2.31. The quantitative estimate of drug-likeness (QED) is 0.275. The summed E-state index contributed by atoms with van der Waals surface area (Å²) in [5.74, 6) is 2.82. The van der Waals surface area contributed by atoms with Crippen molar-refractivity contribution in [2.75, 3.05) is 39.2 Å². The van der Waals surface area contributed by atoms with Crippen molar-refractivity contribution in [3.63, 3.8) is 0 Å². The van der Waals surface area contributed by atoms with E-state index in [1.807, 2.05) is 60.7 Å². The number of nitrogens with zero attached hydrogens (tertiary/aromatic N) is 3. The summed E-state index contributed by atoms with van der Waals surface area (Å²) >= 11 is 0. The molecule has 1 amide bonds. The van der Waals surface area contributed by atoms with Gasteiger partial charge in [0.15, 0.2) is 11.5 Å². The van der Waals surface area contributed by atoms with Gasteiger partial charge >= 0.3 is 0 Å². The molecular weight excluding hydrogens is 508 g/mol. The smallest absolute Gasteiger partial charge is 0.241 e. The predicted molar refractivity (Wildman–Crippen MR) is 152 cm³/mol. The first kappa shape index (κ1) is 27.2. The van der Waals surface area contributed by atoms with Crippen LogP contribution in [0, 0.1) is 5.92 Å². The van der Waals surface area contributed by atoms with Gasteiger partial charge < -0.3 is 24.1 Å². The number of piperidine rings is 1. The van der Waals surface area contributed by atoms with Gasteiger partial charge in [0, 0.05) is 30.3 Å². The lowest BCUT2D eigenvalue weighted by atomic mass is 9.97.